The molecule has 5 aliphatic heterocycles. The van der Waals surface area contributed by atoms with E-state index in [1.54, 1.807) is 17.7 Å². The fourth-order valence-electron chi connectivity index (χ4n) is 12.5. The van der Waals surface area contributed by atoms with Crippen molar-refractivity contribution in [2.75, 3.05) is 39.3 Å². The number of phenolic OH excluding ortho intramolecular Hbond substituents is 3. The molecule has 3 fully saturated rings. The van der Waals surface area contributed by atoms with Crippen molar-refractivity contribution in [1.29, 1.82) is 0 Å². The van der Waals surface area contributed by atoms with Gasteiger partial charge in [-0.25, -0.2) is 0 Å². The van der Waals surface area contributed by atoms with Crippen LogP contribution in [0.2, 0.25) is 0 Å². The second-order valence-corrected chi connectivity index (χ2v) is 25.0. The smallest absolute Gasteiger partial charge is 0.207 e. The zero-order valence-electron chi connectivity index (χ0n) is 37.0. The molecule has 4 aliphatic carbocycles. The number of phenols is 3. The number of benzene rings is 3. The van der Waals surface area contributed by atoms with Crippen LogP contribution in [0.3, 0.4) is 0 Å². The Morgan fingerprint density at radius 1 is 0.906 bits per heavy atom. The number of hydrogen-bond acceptors (Lipinski definition) is 14. The average Bonchev–Trinajstić information content (AvgIpc) is 3.29. The largest absolute Gasteiger partial charge is 0.508 e. The van der Waals surface area contributed by atoms with E-state index >= 15 is 0 Å². The Balaban J connectivity index is 1.25. The molecular formula is C50H62O10S4. The number of rotatable bonds is 10. The Morgan fingerprint density at radius 3 is 2.48 bits per heavy atom. The van der Waals surface area contributed by atoms with E-state index in [-0.39, 0.29) is 70.0 Å². The number of aromatic hydroxyl groups is 3. The van der Waals surface area contributed by atoms with Crippen LogP contribution in [0.1, 0.15) is 125 Å². The minimum atomic E-state index is -1.50. The van der Waals surface area contributed by atoms with Gasteiger partial charge < -0.3 is 49.6 Å². The van der Waals surface area contributed by atoms with Crippen molar-refractivity contribution < 1.29 is 49.6 Å². The van der Waals surface area contributed by atoms with Crippen LogP contribution in [-0.4, -0.2) is 91.3 Å². The minimum absolute atomic E-state index is 0.0125. The summed E-state index contributed by atoms with van der Waals surface area (Å²) in [6.45, 7) is 4.13. The number of aliphatic hydroxyl groups excluding tert-OH is 3. The molecule has 3 aromatic carbocycles. The molecule has 8 unspecified atom stereocenters. The van der Waals surface area contributed by atoms with Crippen molar-refractivity contribution >= 4 is 43.2 Å². The third-order valence-corrected chi connectivity index (χ3v) is 22.4. The predicted molar refractivity (Wildman–Crippen MR) is 258 cm³/mol. The molecule has 5 heterocycles. The molecule has 346 valence electrons. The molecule has 0 radical (unpaired) electrons. The highest BCUT2D eigenvalue weighted by atomic mass is 33.1. The molecule has 1 spiro atoms. The van der Waals surface area contributed by atoms with Gasteiger partial charge in [0.2, 0.25) is 11.5 Å². The van der Waals surface area contributed by atoms with E-state index in [1.807, 2.05) is 61.4 Å². The molecule has 14 heteroatoms. The fourth-order valence-corrected chi connectivity index (χ4v) is 20.3. The number of methoxy groups -OCH3 is 1. The van der Waals surface area contributed by atoms with Gasteiger partial charge in [0.25, 0.3) is 0 Å². The van der Waals surface area contributed by atoms with E-state index in [0.29, 0.717) is 53.8 Å². The zero-order valence-corrected chi connectivity index (χ0v) is 40.2. The summed E-state index contributed by atoms with van der Waals surface area (Å²) in [5.41, 5.74) is 3.91. The average molecular weight is 951 g/mol. The van der Waals surface area contributed by atoms with Gasteiger partial charge in [0.15, 0.2) is 17.1 Å². The minimum Gasteiger partial charge on any atom is -0.508 e. The summed E-state index contributed by atoms with van der Waals surface area (Å²) in [5.74, 6) is 1.17. The van der Waals surface area contributed by atoms with Gasteiger partial charge in [0, 0.05) is 55.1 Å². The van der Waals surface area contributed by atoms with Gasteiger partial charge in [0.1, 0.15) is 30.0 Å². The molecule has 0 aromatic heterocycles. The van der Waals surface area contributed by atoms with E-state index < -0.39 is 23.0 Å². The van der Waals surface area contributed by atoms with Gasteiger partial charge in [-0.1, -0.05) is 88.4 Å². The zero-order chi connectivity index (χ0) is 44.5. The highest BCUT2D eigenvalue weighted by molar-refractivity contribution is 8.77. The van der Waals surface area contributed by atoms with E-state index in [1.165, 1.54) is 26.4 Å². The lowest BCUT2D eigenvalue weighted by molar-refractivity contribution is -0.112. The van der Waals surface area contributed by atoms with Crippen LogP contribution < -0.4 is 18.9 Å². The summed E-state index contributed by atoms with van der Waals surface area (Å²) in [6, 6.07) is 9.07. The molecule has 10 nitrogen and oxygen atoms in total. The first kappa shape index (κ1) is 45.1. The number of ether oxygens (including phenoxy) is 4. The first-order valence-electron chi connectivity index (χ1n) is 23.3. The Labute approximate surface area is 392 Å². The molecule has 3 aromatic rings. The van der Waals surface area contributed by atoms with Crippen molar-refractivity contribution in [3.63, 3.8) is 0 Å². The van der Waals surface area contributed by atoms with E-state index in [0.717, 1.165) is 72.8 Å². The lowest BCUT2D eigenvalue weighted by atomic mass is 9.56. The second-order valence-electron chi connectivity index (χ2n) is 19.6. The normalized spacial score (nSPS) is 31.1. The van der Waals surface area contributed by atoms with Crippen LogP contribution in [0.5, 0.6) is 40.2 Å². The molecule has 6 N–H and O–H groups in total. The second kappa shape index (κ2) is 17.7. The monoisotopic (exact) mass is 950 g/mol. The maximum Gasteiger partial charge on any atom is 0.207 e. The van der Waals surface area contributed by atoms with Gasteiger partial charge in [-0.15, -0.1) is 0 Å². The van der Waals surface area contributed by atoms with Crippen molar-refractivity contribution in [2.24, 2.45) is 11.8 Å². The lowest BCUT2D eigenvalue weighted by Crippen LogP contribution is -2.57. The van der Waals surface area contributed by atoms with Crippen LogP contribution in [0, 0.1) is 11.8 Å². The maximum atomic E-state index is 13.5. The third-order valence-electron chi connectivity index (χ3n) is 15.7. The van der Waals surface area contributed by atoms with E-state index in [9.17, 15) is 30.6 Å². The van der Waals surface area contributed by atoms with Crippen LogP contribution >= 0.6 is 43.2 Å². The van der Waals surface area contributed by atoms with Crippen molar-refractivity contribution in [3.8, 4) is 51.4 Å². The molecule has 1 saturated heterocycles. The third kappa shape index (κ3) is 7.20. The van der Waals surface area contributed by atoms with Crippen LogP contribution in [0.4, 0.5) is 0 Å². The molecule has 9 aliphatic rings. The Hall–Kier alpha value is -2.72. The SMILES string of the molecule is COc1c(O)c(OCCC(C)C)cc(C23CCC4SSC5CC6CC=C5C5(CCCCC5)SSCC5(CO)c7c(c(OCCO)cc(c7C4C2O)O3)-c2ccc(O)cc2C5CC6)c1O. The molecule has 12 rings (SSSR count). The summed E-state index contributed by atoms with van der Waals surface area (Å²) in [6.07, 6.45) is 12.9. The summed E-state index contributed by atoms with van der Waals surface area (Å²) >= 11 is 0. The Morgan fingerprint density at radius 2 is 1.72 bits per heavy atom. The lowest BCUT2D eigenvalue weighted by Gasteiger charge is -2.55. The maximum absolute atomic E-state index is 13.5. The quantitative estimate of drug-likeness (QED) is 0.0842. The molecule has 8 bridgehead atoms. The summed E-state index contributed by atoms with van der Waals surface area (Å²) in [5, 5.41) is 71.1. The van der Waals surface area contributed by atoms with E-state index in [4.69, 9.17) is 18.9 Å². The van der Waals surface area contributed by atoms with Gasteiger partial charge in [0.05, 0.1) is 26.9 Å². The number of aliphatic hydroxyl groups is 3. The first-order valence-corrected chi connectivity index (χ1v) is 27.9. The van der Waals surface area contributed by atoms with E-state index in [2.05, 4.69) is 19.9 Å². The van der Waals surface area contributed by atoms with Crippen molar-refractivity contribution in [1.82, 2.24) is 0 Å². The summed E-state index contributed by atoms with van der Waals surface area (Å²) in [7, 11) is 9.15. The first-order chi connectivity index (χ1) is 31.0. The number of allylic oxidation sites excluding steroid dienone is 1. The topological polar surface area (TPSA) is 158 Å². The Bertz CT molecular complexity index is 2300. The van der Waals surface area contributed by atoms with Crippen molar-refractivity contribution in [2.45, 2.75) is 135 Å². The van der Waals surface area contributed by atoms with Gasteiger partial charge in [-0.3, -0.25) is 0 Å². The number of fused-ring (bicyclic) bond motifs is 5. The molecular weight excluding hydrogens is 889 g/mol. The molecule has 8 atom stereocenters. The van der Waals surface area contributed by atoms with Gasteiger partial charge in [-0.05, 0) is 116 Å². The summed E-state index contributed by atoms with van der Waals surface area (Å²) < 4.78 is 25.8. The highest BCUT2D eigenvalue weighted by Gasteiger charge is 2.62. The molecule has 64 heavy (non-hydrogen) atoms. The van der Waals surface area contributed by atoms with Crippen LogP contribution in [-0.2, 0) is 11.0 Å². The highest BCUT2D eigenvalue weighted by Crippen LogP contribution is 2.69. The van der Waals surface area contributed by atoms with Crippen molar-refractivity contribution in [3.05, 3.63) is 64.2 Å². The van der Waals surface area contributed by atoms with Crippen LogP contribution in [0.15, 0.2) is 42.0 Å². The predicted octanol–water partition coefficient (Wildman–Crippen LogP) is 10.5. The standard InChI is InChI=1S/C50H62O10S4/c1-27(2)14-19-58-37-23-34(44(54)46(57-3)45(37)55)50-17-13-38-42(47(50)56)41-36(60-50)24-35(59-20-18-51)40-30-10-9-29(53)22-31(30)32-11-7-28-8-12-33(39(21-28)63-62-38)49(15-5-4-6-16-49)64-61-26-48(32,25-52)43(40)41/h9-10,12,22-24,27-28,32,38-39,42,47,51-56H,4-8,11,13-21,25-26H2,1-3H3. The fraction of sp³-hybridized carbons (Fsp3) is 0.600. The Kier molecular flexibility index (Phi) is 12.5. The van der Waals surface area contributed by atoms with Gasteiger partial charge >= 0.3 is 0 Å². The molecule has 0 amide bonds. The van der Waals surface area contributed by atoms with Gasteiger partial charge in [-0.2, -0.15) is 0 Å². The molecule has 2 saturated carbocycles. The summed E-state index contributed by atoms with van der Waals surface area (Å²) in [4.78, 5) is 0. The van der Waals surface area contributed by atoms with Crippen LogP contribution in [0.25, 0.3) is 11.1 Å². The number of hydrogen-bond donors (Lipinski definition) is 6.